The van der Waals surface area contributed by atoms with Crippen molar-refractivity contribution < 1.29 is 23.5 Å². The molecule has 0 unspecified atom stereocenters. The molecule has 7 nitrogen and oxygen atoms in total. The fourth-order valence-corrected chi connectivity index (χ4v) is 3.74. The molecule has 1 aromatic rings. The van der Waals surface area contributed by atoms with Gasteiger partial charge in [-0.15, -0.1) is 11.8 Å². The van der Waals surface area contributed by atoms with Crippen molar-refractivity contribution >= 4 is 29.5 Å². The van der Waals surface area contributed by atoms with E-state index in [1.54, 1.807) is 12.1 Å². The molecule has 0 aliphatic carbocycles. The van der Waals surface area contributed by atoms with Crippen molar-refractivity contribution in [3.8, 4) is 0 Å². The van der Waals surface area contributed by atoms with Gasteiger partial charge in [-0.1, -0.05) is 0 Å². The predicted octanol–water partition coefficient (Wildman–Crippen LogP) is 1.31. The number of rotatable bonds is 5. The molecule has 0 aromatic carbocycles. The molecule has 0 saturated carbocycles. The number of furan rings is 1. The molecule has 8 heteroatoms. The third-order valence-corrected chi connectivity index (χ3v) is 4.50. The van der Waals surface area contributed by atoms with Crippen LogP contribution in [0.2, 0.25) is 0 Å². The molecule has 2 amide bonds. The zero-order chi connectivity index (χ0) is 17.0. The average molecular weight is 340 g/mol. The zero-order valence-electron chi connectivity index (χ0n) is 13.3. The molecule has 2 rings (SSSR count). The summed E-state index contributed by atoms with van der Waals surface area (Å²) in [6.07, 6.45) is 1.52. The second-order valence-electron chi connectivity index (χ2n) is 5.47. The Morgan fingerprint density at radius 1 is 1.48 bits per heavy atom. The number of nitrogens with one attached hydrogen (secondary N) is 1. The van der Waals surface area contributed by atoms with Crippen LogP contribution in [0.5, 0.6) is 0 Å². The minimum Gasteiger partial charge on any atom is -0.466 e. The van der Waals surface area contributed by atoms with E-state index in [0.717, 1.165) is 0 Å². The van der Waals surface area contributed by atoms with E-state index >= 15 is 0 Å². The van der Waals surface area contributed by atoms with Crippen LogP contribution in [0.3, 0.4) is 0 Å². The topological polar surface area (TPSA) is 88.8 Å². The summed E-state index contributed by atoms with van der Waals surface area (Å²) in [6, 6.07) is 2.74. The summed E-state index contributed by atoms with van der Waals surface area (Å²) in [4.78, 5) is 37.1. The van der Waals surface area contributed by atoms with E-state index in [4.69, 9.17) is 9.15 Å². The Hall–Kier alpha value is -1.96. The van der Waals surface area contributed by atoms with Gasteiger partial charge < -0.3 is 19.4 Å². The first-order chi connectivity index (χ1) is 10.9. The molecule has 1 fully saturated rings. The summed E-state index contributed by atoms with van der Waals surface area (Å²) in [5.41, 5.74) is 0. The number of esters is 1. The first-order valence-electron chi connectivity index (χ1n) is 7.30. The Kier molecular flexibility index (Phi) is 5.70. The highest BCUT2D eigenvalue weighted by atomic mass is 32.2. The minimum atomic E-state index is -0.723. The Bertz CT molecular complexity index is 572. The number of carbonyl (C=O) groups excluding carboxylic acids is 3. The second kappa shape index (κ2) is 7.54. The van der Waals surface area contributed by atoms with Gasteiger partial charge in [-0.3, -0.25) is 9.59 Å². The Balaban J connectivity index is 1.99. The number of thioether (sulfide) groups is 1. The SMILES string of the molecule is CC(=O)N1[C@@H](C(=O)OCC(=O)NC(C)C)CS[C@H]1c1ccco1. The molecule has 126 valence electrons. The van der Waals surface area contributed by atoms with Crippen molar-refractivity contribution in [2.75, 3.05) is 12.4 Å². The van der Waals surface area contributed by atoms with Crippen LogP contribution in [-0.2, 0) is 19.1 Å². The highest BCUT2D eigenvalue weighted by Gasteiger charge is 2.43. The summed E-state index contributed by atoms with van der Waals surface area (Å²) in [7, 11) is 0. The van der Waals surface area contributed by atoms with Crippen LogP contribution in [0.4, 0.5) is 0 Å². The number of ether oxygens (including phenoxy) is 1. The van der Waals surface area contributed by atoms with Crippen LogP contribution >= 0.6 is 11.8 Å². The number of amides is 2. The van der Waals surface area contributed by atoms with Gasteiger partial charge in [0.2, 0.25) is 5.91 Å². The fraction of sp³-hybridized carbons (Fsp3) is 0.533. The second-order valence-corrected chi connectivity index (χ2v) is 6.59. The highest BCUT2D eigenvalue weighted by Crippen LogP contribution is 2.41. The van der Waals surface area contributed by atoms with Crippen molar-refractivity contribution in [1.29, 1.82) is 0 Å². The van der Waals surface area contributed by atoms with E-state index in [1.165, 1.54) is 29.8 Å². The molecule has 1 aromatic heterocycles. The summed E-state index contributed by atoms with van der Waals surface area (Å²) >= 11 is 1.43. The van der Waals surface area contributed by atoms with Crippen molar-refractivity contribution in [3.63, 3.8) is 0 Å². The van der Waals surface area contributed by atoms with Gasteiger partial charge in [0, 0.05) is 18.7 Å². The molecular weight excluding hydrogens is 320 g/mol. The zero-order valence-corrected chi connectivity index (χ0v) is 14.1. The lowest BCUT2D eigenvalue weighted by Crippen LogP contribution is -2.44. The lowest BCUT2D eigenvalue weighted by atomic mass is 10.2. The van der Waals surface area contributed by atoms with E-state index in [1.807, 2.05) is 13.8 Å². The summed E-state index contributed by atoms with van der Waals surface area (Å²) in [5, 5.41) is 2.28. The Labute approximate surface area is 138 Å². The van der Waals surface area contributed by atoms with Crippen LogP contribution < -0.4 is 5.32 Å². The van der Waals surface area contributed by atoms with Crippen LogP contribution in [0.25, 0.3) is 0 Å². The van der Waals surface area contributed by atoms with E-state index in [-0.39, 0.29) is 29.8 Å². The van der Waals surface area contributed by atoms with Gasteiger partial charge in [-0.2, -0.15) is 0 Å². The molecule has 1 aliphatic heterocycles. The standard InChI is InChI=1S/C15H20N2O5S/c1-9(2)16-13(19)7-22-15(20)11-8-23-14(17(11)10(3)18)12-5-4-6-21-12/h4-6,9,11,14H,7-8H2,1-3H3,(H,16,19)/t11-,14+/m1/s1. The molecule has 1 aliphatic rings. The number of hydrogen-bond acceptors (Lipinski definition) is 6. The van der Waals surface area contributed by atoms with Crippen LogP contribution in [0, 0.1) is 0 Å². The highest BCUT2D eigenvalue weighted by molar-refractivity contribution is 7.99. The molecule has 0 radical (unpaired) electrons. The van der Waals surface area contributed by atoms with E-state index in [2.05, 4.69) is 5.32 Å². The maximum absolute atomic E-state index is 12.2. The molecule has 2 atom stereocenters. The summed E-state index contributed by atoms with van der Waals surface area (Å²) < 4.78 is 10.4. The Morgan fingerprint density at radius 3 is 2.78 bits per heavy atom. The Morgan fingerprint density at radius 2 is 2.22 bits per heavy atom. The molecule has 0 bridgehead atoms. The van der Waals surface area contributed by atoms with Gasteiger partial charge in [0.05, 0.1) is 6.26 Å². The lowest BCUT2D eigenvalue weighted by molar-refractivity contribution is -0.156. The smallest absolute Gasteiger partial charge is 0.330 e. The third-order valence-electron chi connectivity index (χ3n) is 3.22. The number of nitrogens with zero attached hydrogens (tertiary/aromatic N) is 1. The van der Waals surface area contributed by atoms with E-state index < -0.39 is 12.0 Å². The summed E-state index contributed by atoms with van der Waals surface area (Å²) in [6.45, 7) is 4.68. The lowest BCUT2D eigenvalue weighted by Gasteiger charge is -2.25. The average Bonchev–Trinajstić information content (AvgIpc) is 3.11. The normalized spacial score (nSPS) is 20.6. The summed E-state index contributed by atoms with van der Waals surface area (Å²) in [5.74, 6) is -0.185. The van der Waals surface area contributed by atoms with Gasteiger partial charge >= 0.3 is 5.97 Å². The predicted molar refractivity (Wildman–Crippen MR) is 84.5 cm³/mol. The van der Waals surface area contributed by atoms with Crippen LogP contribution in [0.15, 0.2) is 22.8 Å². The van der Waals surface area contributed by atoms with Gasteiger partial charge in [0.1, 0.15) is 17.2 Å². The first-order valence-corrected chi connectivity index (χ1v) is 8.35. The van der Waals surface area contributed by atoms with Crippen molar-refractivity contribution in [1.82, 2.24) is 10.2 Å². The molecule has 0 spiro atoms. The van der Waals surface area contributed by atoms with Crippen LogP contribution in [0.1, 0.15) is 31.9 Å². The monoisotopic (exact) mass is 340 g/mol. The number of hydrogen-bond donors (Lipinski definition) is 1. The van der Waals surface area contributed by atoms with Gasteiger partial charge in [-0.05, 0) is 26.0 Å². The van der Waals surface area contributed by atoms with Crippen LogP contribution in [-0.4, -0.2) is 47.1 Å². The van der Waals surface area contributed by atoms with Gasteiger partial charge in [0.15, 0.2) is 6.61 Å². The largest absolute Gasteiger partial charge is 0.466 e. The van der Waals surface area contributed by atoms with E-state index in [9.17, 15) is 14.4 Å². The van der Waals surface area contributed by atoms with E-state index in [0.29, 0.717) is 11.5 Å². The minimum absolute atomic E-state index is 0.0275. The maximum Gasteiger partial charge on any atom is 0.330 e. The molecule has 2 heterocycles. The molecule has 23 heavy (non-hydrogen) atoms. The fourth-order valence-electron chi connectivity index (χ4n) is 2.32. The van der Waals surface area contributed by atoms with Crippen molar-refractivity contribution in [2.24, 2.45) is 0 Å². The third kappa shape index (κ3) is 4.28. The van der Waals surface area contributed by atoms with Gasteiger partial charge in [-0.25, -0.2) is 4.79 Å². The quantitative estimate of drug-likeness (QED) is 0.813. The van der Waals surface area contributed by atoms with Gasteiger partial charge in [0.25, 0.3) is 5.91 Å². The number of carbonyl (C=O) groups is 3. The van der Waals surface area contributed by atoms with Crippen molar-refractivity contribution in [2.45, 2.75) is 38.2 Å². The maximum atomic E-state index is 12.2. The van der Waals surface area contributed by atoms with Crippen molar-refractivity contribution in [3.05, 3.63) is 24.2 Å². The molecule has 1 N–H and O–H groups in total. The molecular formula is C15H20N2O5S. The molecule has 1 saturated heterocycles. The first kappa shape index (κ1) is 17.4.